The monoisotopic (exact) mass is 496 g/mol. The zero-order valence-electron chi connectivity index (χ0n) is 22.9. The van der Waals surface area contributed by atoms with Crippen LogP contribution in [0.4, 0.5) is 0 Å². The lowest BCUT2D eigenvalue weighted by Crippen LogP contribution is -2.59. The van der Waals surface area contributed by atoms with Crippen molar-refractivity contribution in [3.8, 4) is 0 Å². The first-order valence-corrected chi connectivity index (χ1v) is 14.6. The predicted molar refractivity (Wildman–Crippen MR) is 142 cm³/mol. The normalized spacial score (nSPS) is 42.6. The van der Waals surface area contributed by atoms with Crippen LogP contribution >= 0.6 is 0 Å². The Morgan fingerprint density at radius 1 is 1.11 bits per heavy atom. The molecule has 0 amide bonds. The highest BCUT2D eigenvalue weighted by molar-refractivity contribution is 5.69. The first-order valence-electron chi connectivity index (χ1n) is 14.6. The van der Waals surface area contributed by atoms with Crippen LogP contribution in [0.25, 0.3) is 0 Å². The molecule has 1 aromatic heterocycles. The minimum Gasteiger partial charge on any atom is -0.469 e. The molecule has 4 saturated carbocycles. The lowest BCUT2D eigenvalue weighted by atomic mass is 9.43. The Kier molecular flexibility index (Phi) is 7.53. The van der Waals surface area contributed by atoms with Gasteiger partial charge < -0.3 is 15.2 Å². The Labute approximate surface area is 218 Å². The number of nitrogens with one attached hydrogen (secondary N) is 1. The van der Waals surface area contributed by atoms with Crippen molar-refractivity contribution in [1.82, 2.24) is 10.3 Å². The Balaban J connectivity index is 1.25. The number of rotatable bonds is 7. The number of carbonyl (C=O) groups excluding carboxylic acids is 1. The summed E-state index contributed by atoms with van der Waals surface area (Å²) in [6, 6.07) is 6.58. The van der Waals surface area contributed by atoms with Crippen LogP contribution in [0.3, 0.4) is 0 Å². The van der Waals surface area contributed by atoms with E-state index < -0.39 is 0 Å². The number of esters is 1. The van der Waals surface area contributed by atoms with Gasteiger partial charge >= 0.3 is 5.97 Å². The van der Waals surface area contributed by atoms with Gasteiger partial charge in [0, 0.05) is 25.2 Å². The number of aromatic nitrogens is 1. The number of aliphatic hydroxyl groups is 1. The van der Waals surface area contributed by atoms with E-state index in [2.05, 4.69) is 43.2 Å². The van der Waals surface area contributed by atoms with Gasteiger partial charge in [-0.2, -0.15) is 0 Å². The van der Waals surface area contributed by atoms with Gasteiger partial charge in [0.2, 0.25) is 0 Å². The van der Waals surface area contributed by atoms with E-state index in [1.807, 2.05) is 12.3 Å². The average Bonchev–Trinajstić information content (AvgIpc) is 3.24. The molecule has 0 bridgehead atoms. The minimum atomic E-state index is -0.186. The van der Waals surface area contributed by atoms with Gasteiger partial charge in [-0.3, -0.25) is 9.78 Å². The lowest BCUT2D eigenvalue weighted by Gasteiger charge is -2.62. The molecule has 0 aliphatic heterocycles. The molecule has 10 atom stereocenters. The Hall–Kier alpha value is -1.46. The molecule has 1 aromatic rings. The first-order chi connectivity index (χ1) is 17.3. The van der Waals surface area contributed by atoms with E-state index in [1.54, 1.807) is 0 Å². The van der Waals surface area contributed by atoms with Crippen LogP contribution < -0.4 is 5.32 Å². The number of fused-ring (bicyclic) bond motifs is 5. The summed E-state index contributed by atoms with van der Waals surface area (Å²) in [6.07, 6.45) is 12.8. The summed E-state index contributed by atoms with van der Waals surface area (Å²) in [5, 5.41) is 15.3. The van der Waals surface area contributed by atoms with E-state index in [1.165, 1.54) is 45.6 Å². The van der Waals surface area contributed by atoms with Crippen molar-refractivity contribution in [2.45, 2.75) is 104 Å². The van der Waals surface area contributed by atoms with Gasteiger partial charge in [0.1, 0.15) is 0 Å². The molecule has 0 saturated heterocycles. The summed E-state index contributed by atoms with van der Waals surface area (Å²) in [5.74, 6) is 3.66. The van der Waals surface area contributed by atoms with E-state index in [0.717, 1.165) is 37.4 Å². The zero-order valence-corrected chi connectivity index (χ0v) is 22.9. The second kappa shape index (κ2) is 10.4. The number of pyridine rings is 1. The highest BCUT2D eigenvalue weighted by Gasteiger charge is 2.62. The van der Waals surface area contributed by atoms with E-state index in [0.29, 0.717) is 47.5 Å². The van der Waals surface area contributed by atoms with E-state index in [-0.39, 0.29) is 17.5 Å². The maximum atomic E-state index is 11.8. The van der Waals surface area contributed by atoms with Gasteiger partial charge in [0.05, 0.1) is 18.9 Å². The maximum absolute atomic E-state index is 11.8. The Morgan fingerprint density at radius 3 is 2.64 bits per heavy atom. The summed E-state index contributed by atoms with van der Waals surface area (Å²) >= 11 is 0. The summed E-state index contributed by atoms with van der Waals surface area (Å²) in [5.41, 5.74) is 1.70. The number of carbonyl (C=O) groups is 1. The fraction of sp³-hybridized carbons (Fsp3) is 0.806. The highest BCUT2D eigenvalue weighted by atomic mass is 16.5. The average molecular weight is 497 g/mol. The molecular formula is C31H48N2O3. The standard InChI is InChI=1S/C31H48N2O3/c1-20(8-11-29(35)36-4)24-9-10-25-23-18-28(34)27-17-21(33-19-22-7-5-6-16-32-22)12-14-31(27,3)26(23)13-15-30(24,25)2/h5-7,16,20-21,23-28,33-34H,8-15,17-19H2,1-4H3/t20?,21-,23?,24+,25?,26?,27+,28?,30+,31+/m0/s1. The molecule has 36 heavy (non-hydrogen) atoms. The van der Waals surface area contributed by atoms with Crippen LogP contribution in [0.1, 0.15) is 90.7 Å². The van der Waals surface area contributed by atoms with Crippen molar-refractivity contribution in [2.75, 3.05) is 7.11 Å². The molecule has 0 aromatic carbocycles. The van der Waals surface area contributed by atoms with Crippen LogP contribution in [0, 0.1) is 46.3 Å². The number of nitrogens with zero attached hydrogens (tertiary/aromatic N) is 1. The largest absolute Gasteiger partial charge is 0.469 e. The zero-order chi connectivity index (χ0) is 25.5. The molecule has 5 unspecified atom stereocenters. The number of methoxy groups -OCH3 is 1. The fourth-order valence-electron chi connectivity index (χ4n) is 9.86. The van der Waals surface area contributed by atoms with Crippen molar-refractivity contribution in [2.24, 2.45) is 46.3 Å². The van der Waals surface area contributed by atoms with Crippen LogP contribution in [0.5, 0.6) is 0 Å². The summed E-state index contributed by atoms with van der Waals surface area (Å²) < 4.78 is 4.91. The summed E-state index contributed by atoms with van der Waals surface area (Å²) in [4.78, 5) is 16.2. The van der Waals surface area contributed by atoms with Gasteiger partial charge in [-0.05, 0) is 116 Å². The lowest BCUT2D eigenvalue weighted by molar-refractivity contribution is -0.162. The van der Waals surface area contributed by atoms with Crippen molar-refractivity contribution >= 4 is 5.97 Å². The van der Waals surface area contributed by atoms with Gasteiger partial charge in [0.15, 0.2) is 0 Å². The smallest absolute Gasteiger partial charge is 0.305 e. The molecule has 0 spiro atoms. The molecule has 2 N–H and O–H groups in total. The molecule has 4 aliphatic carbocycles. The Morgan fingerprint density at radius 2 is 1.89 bits per heavy atom. The molecule has 4 fully saturated rings. The third-order valence-electron chi connectivity index (χ3n) is 11.8. The van der Waals surface area contributed by atoms with Crippen LogP contribution in [0.15, 0.2) is 24.4 Å². The van der Waals surface area contributed by atoms with Gasteiger partial charge in [0.25, 0.3) is 0 Å². The van der Waals surface area contributed by atoms with Crippen LogP contribution in [-0.2, 0) is 16.1 Å². The Bertz CT molecular complexity index is 908. The molecule has 0 radical (unpaired) electrons. The SMILES string of the molecule is COC(=O)CCC(C)[C@H]1CCC2C3CC(O)[C@H]4C[C@@H](NCc5ccccn5)CC[C@]4(C)C3CC[C@@]21C. The maximum Gasteiger partial charge on any atom is 0.305 e. The number of hydrogen-bond donors (Lipinski definition) is 2. The molecular weight excluding hydrogens is 448 g/mol. The summed E-state index contributed by atoms with van der Waals surface area (Å²) in [7, 11) is 1.49. The molecule has 1 heterocycles. The number of aliphatic hydroxyl groups excluding tert-OH is 1. The van der Waals surface area contributed by atoms with Gasteiger partial charge in [-0.25, -0.2) is 0 Å². The minimum absolute atomic E-state index is 0.0789. The molecule has 200 valence electrons. The predicted octanol–water partition coefficient (Wildman–Crippen LogP) is 5.76. The number of ether oxygens (including phenoxy) is 1. The summed E-state index contributed by atoms with van der Waals surface area (Å²) in [6.45, 7) is 8.26. The number of hydrogen-bond acceptors (Lipinski definition) is 5. The van der Waals surface area contributed by atoms with E-state index in [9.17, 15) is 9.90 Å². The van der Waals surface area contributed by atoms with E-state index in [4.69, 9.17) is 4.74 Å². The molecule has 5 rings (SSSR count). The second-order valence-electron chi connectivity index (χ2n) is 13.3. The van der Waals surface area contributed by atoms with Crippen LogP contribution in [-0.4, -0.2) is 35.3 Å². The quantitative estimate of drug-likeness (QED) is 0.470. The van der Waals surface area contributed by atoms with Crippen molar-refractivity contribution in [3.63, 3.8) is 0 Å². The van der Waals surface area contributed by atoms with Gasteiger partial charge in [-0.1, -0.05) is 26.8 Å². The topological polar surface area (TPSA) is 71.5 Å². The first kappa shape index (κ1) is 26.2. The fourth-order valence-corrected chi connectivity index (χ4v) is 9.86. The van der Waals surface area contributed by atoms with Crippen molar-refractivity contribution in [1.29, 1.82) is 0 Å². The molecule has 4 aliphatic rings. The third-order valence-corrected chi connectivity index (χ3v) is 11.8. The second-order valence-corrected chi connectivity index (χ2v) is 13.3. The molecule has 5 nitrogen and oxygen atoms in total. The van der Waals surface area contributed by atoms with Crippen molar-refractivity contribution < 1.29 is 14.6 Å². The van der Waals surface area contributed by atoms with Gasteiger partial charge in [-0.15, -0.1) is 0 Å². The van der Waals surface area contributed by atoms with Crippen LogP contribution in [0.2, 0.25) is 0 Å². The highest BCUT2D eigenvalue weighted by Crippen LogP contribution is 2.68. The third kappa shape index (κ3) is 4.64. The molecule has 5 heteroatoms. The van der Waals surface area contributed by atoms with Crippen molar-refractivity contribution in [3.05, 3.63) is 30.1 Å². The van der Waals surface area contributed by atoms with E-state index >= 15 is 0 Å².